The molecule has 1 aliphatic heterocycles. The fraction of sp³-hybridized carbons (Fsp3) is 0.312. The van der Waals surface area contributed by atoms with Crippen molar-refractivity contribution in [3.05, 3.63) is 35.8 Å². The lowest BCUT2D eigenvalue weighted by Crippen LogP contribution is -2.46. The number of nitrogens with one attached hydrogen (secondary N) is 2. The molecule has 2 heterocycles. The van der Waals surface area contributed by atoms with Gasteiger partial charge in [0.1, 0.15) is 0 Å². The highest BCUT2D eigenvalue weighted by atomic mass is 16.2. The van der Waals surface area contributed by atoms with E-state index in [1.165, 1.54) is 29.4 Å². The topological polar surface area (TPSA) is 155 Å². The smallest absolute Gasteiger partial charge is 0.313 e. The van der Waals surface area contributed by atoms with Crippen LogP contribution in [-0.2, 0) is 9.59 Å². The number of anilines is 1. The number of hydrogen-bond acceptors (Lipinski definition) is 6. The number of amides is 3. The third-order valence-corrected chi connectivity index (χ3v) is 3.93. The molecule has 0 unspecified atom stereocenters. The Morgan fingerprint density at radius 3 is 2.76 bits per heavy atom. The largest absolute Gasteiger partial charge is 0.402 e. The minimum Gasteiger partial charge on any atom is -0.402 e. The summed E-state index contributed by atoms with van der Waals surface area (Å²) in [5.41, 5.74) is 11.9. The Labute approximate surface area is 144 Å². The summed E-state index contributed by atoms with van der Waals surface area (Å²) in [5, 5.41) is 9.48. The van der Waals surface area contributed by atoms with E-state index in [9.17, 15) is 14.4 Å². The molecule has 1 aromatic rings. The zero-order valence-corrected chi connectivity index (χ0v) is 13.6. The Balaban J connectivity index is 2.03. The zero-order chi connectivity index (χ0) is 18.4. The van der Waals surface area contributed by atoms with Crippen LogP contribution in [-0.4, -0.2) is 46.9 Å². The molecule has 9 nitrogen and oxygen atoms in total. The van der Waals surface area contributed by atoms with Gasteiger partial charge in [0.25, 0.3) is 0 Å². The second kappa shape index (κ2) is 8.04. The lowest BCUT2D eigenvalue weighted by molar-refractivity contribution is -0.144. The molecule has 0 saturated carbocycles. The van der Waals surface area contributed by atoms with E-state index >= 15 is 0 Å². The molecule has 1 aliphatic rings. The standard InChI is InChI=1S/C16H20N6O3/c17-4-3-13(18)10-2-1-5-22(9-10)16(25)15(24)21-12-6-11(14(19)23)7-20-8-12/h3-4,6-8,10,17H,1-2,5,9,18H2,(H2,19,23)(H,21,24)/t10-/m1/s1. The molecule has 2 rings (SSSR count). The van der Waals surface area contributed by atoms with Gasteiger partial charge in [-0.25, -0.2) is 0 Å². The highest BCUT2D eigenvalue weighted by molar-refractivity contribution is 6.39. The maximum Gasteiger partial charge on any atom is 0.313 e. The number of rotatable bonds is 4. The maximum absolute atomic E-state index is 12.3. The molecule has 0 aromatic carbocycles. The van der Waals surface area contributed by atoms with Gasteiger partial charge >= 0.3 is 11.8 Å². The van der Waals surface area contributed by atoms with Crippen LogP contribution in [0.5, 0.6) is 0 Å². The Morgan fingerprint density at radius 1 is 1.32 bits per heavy atom. The number of piperidine rings is 1. The minimum atomic E-state index is -0.821. The van der Waals surface area contributed by atoms with Crippen molar-refractivity contribution in [3.63, 3.8) is 0 Å². The number of likely N-dealkylation sites (tertiary alicyclic amines) is 1. The molecule has 3 amide bonds. The fourth-order valence-electron chi connectivity index (χ4n) is 2.64. The molecule has 0 spiro atoms. The van der Waals surface area contributed by atoms with E-state index in [4.69, 9.17) is 16.9 Å². The number of carbonyl (C=O) groups is 3. The Bertz CT molecular complexity index is 730. The molecule has 25 heavy (non-hydrogen) atoms. The van der Waals surface area contributed by atoms with Crippen LogP contribution in [0.1, 0.15) is 23.2 Å². The highest BCUT2D eigenvalue weighted by Gasteiger charge is 2.28. The Kier molecular flexibility index (Phi) is 5.83. The van der Waals surface area contributed by atoms with Gasteiger partial charge in [0.2, 0.25) is 5.91 Å². The number of carbonyl (C=O) groups excluding carboxylic acids is 3. The second-order valence-electron chi connectivity index (χ2n) is 5.70. The summed E-state index contributed by atoms with van der Waals surface area (Å²) in [7, 11) is 0. The Hall–Kier alpha value is -3.23. The van der Waals surface area contributed by atoms with Gasteiger partial charge in [0.15, 0.2) is 0 Å². The number of hydrogen-bond donors (Lipinski definition) is 4. The predicted molar refractivity (Wildman–Crippen MR) is 91.7 cm³/mol. The van der Waals surface area contributed by atoms with Crippen LogP contribution in [0.2, 0.25) is 0 Å². The van der Waals surface area contributed by atoms with E-state index in [0.29, 0.717) is 18.8 Å². The summed E-state index contributed by atoms with van der Waals surface area (Å²) in [6, 6.07) is 1.35. The van der Waals surface area contributed by atoms with E-state index in [0.717, 1.165) is 19.1 Å². The minimum absolute atomic E-state index is 0.0769. The van der Waals surface area contributed by atoms with Crippen LogP contribution in [0, 0.1) is 11.3 Å². The van der Waals surface area contributed by atoms with Crippen LogP contribution in [0.15, 0.2) is 30.2 Å². The van der Waals surface area contributed by atoms with Gasteiger partial charge in [0, 0.05) is 37.1 Å². The molecule has 1 atom stereocenters. The fourth-order valence-corrected chi connectivity index (χ4v) is 2.64. The number of primary amides is 1. The van der Waals surface area contributed by atoms with E-state index in [-0.39, 0.29) is 17.2 Å². The first-order valence-corrected chi connectivity index (χ1v) is 7.73. The summed E-state index contributed by atoms with van der Waals surface area (Å²) in [6.07, 6.45) is 6.69. The van der Waals surface area contributed by atoms with E-state index in [1.54, 1.807) is 0 Å². The van der Waals surface area contributed by atoms with Gasteiger partial charge in [-0.3, -0.25) is 19.4 Å². The van der Waals surface area contributed by atoms with Gasteiger partial charge in [-0.2, -0.15) is 0 Å². The molecule has 0 aliphatic carbocycles. The van der Waals surface area contributed by atoms with Crippen molar-refractivity contribution < 1.29 is 14.4 Å². The monoisotopic (exact) mass is 344 g/mol. The van der Waals surface area contributed by atoms with Crippen molar-refractivity contribution in [2.24, 2.45) is 17.4 Å². The molecule has 6 N–H and O–H groups in total. The molecule has 0 bridgehead atoms. The molecule has 0 radical (unpaired) electrons. The molecule has 1 saturated heterocycles. The predicted octanol–water partition coefficient (Wildman–Crippen LogP) is -0.150. The third kappa shape index (κ3) is 4.63. The third-order valence-electron chi connectivity index (χ3n) is 3.93. The summed E-state index contributed by atoms with van der Waals surface area (Å²) in [5.74, 6) is -2.26. The number of aromatic nitrogens is 1. The molecule has 1 aromatic heterocycles. The van der Waals surface area contributed by atoms with Gasteiger partial charge in [-0.15, -0.1) is 0 Å². The van der Waals surface area contributed by atoms with E-state index in [1.807, 2.05) is 0 Å². The molecule has 132 valence electrons. The summed E-state index contributed by atoms with van der Waals surface area (Å²) in [4.78, 5) is 40.9. The van der Waals surface area contributed by atoms with Crippen LogP contribution < -0.4 is 16.8 Å². The van der Waals surface area contributed by atoms with Crippen molar-refractivity contribution in [1.29, 1.82) is 5.41 Å². The van der Waals surface area contributed by atoms with Crippen LogP contribution in [0.25, 0.3) is 0 Å². The second-order valence-corrected chi connectivity index (χ2v) is 5.70. The Morgan fingerprint density at radius 2 is 2.08 bits per heavy atom. The first kappa shape index (κ1) is 18.1. The van der Waals surface area contributed by atoms with Crippen molar-refractivity contribution in [2.45, 2.75) is 12.8 Å². The number of nitrogens with zero attached hydrogens (tertiary/aromatic N) is 2. The summed E-state index contributed by atoms with van der Waals surface area (Å²) >= 11 is 0. The average Bonchev–Trinajstić information content (AvgIpc) is 2.61. The summed E-state index contributed by atoms with van der Waals surface area (Å²) in [6.45, 7) is 0.780. The molecule has 1 fully saturated rings. The van der Waals surface area contributed by atoms with Gasteiger partial charge in [-0.1, -0.05) is 0 Å². The molecular weight excluding hydrogens is 324 g/mol. The van der Waals surface area contributed by atoms with Crippen molar-refractivity contribution >= 4 is 29.6 Å². The quantitative estimate of drug-likeness (QED) is 0.441. The van der Waals surface area contributed by atoms with Gasteiger partial charge in [-0.05, 0) is 25.0 Å². The van der Waals surface area contributed by atoms with Crippen molar-refractivity contribution in [1.82, 2.24) is 9.88 Å². The van der Waals surface area contributed by atoms with Crippen LogP contribution in [0.4, 0.5) is 5.69 Å². The SMILES string of the molecule is N=CC=C(N)[C@@H]1CCCN(C(=O)C(=O)Nc2cncc(C(N)=O)c2)C1. The lowest BCUT2D eigenvalue weighted by atomic mass is 9.94. The van der Waals surface area contributed by atoms with Crippen molar-refractivity contribution in [2.75, 3.05) is 18.4 Å². The van der Waals surface area contributed by atoms with E-state index < -0.39 is 17.7 Å². The normalized spacial score (nSPS) is 17.7. The average molecular weight is 344 g/mol. The number of pyridine rings is 1. The lowest BCUT2D eigenvalue weighted by Gasteiger charge is -2.32. The van der Waals surface area contributed by atoms with Crippen LogP contribution >= 0.6 is 0 Å². The van der Waals surface area contributed by atoms with Crippen molar-refractivity contribution in [3.8, 4) is 0 Å². The highest BCUT2D eigenvalue weighted by Crippen LogP contribution is 2.21. The zero-order valence-electron chi connectivity index (χ0n) is 13.6. The van der Waals surface area contributed by atoms with Crippen LogP contribution in [0.3, 0.4) is 0 Å². The maximum atomic E-state index is 12.3. The first-order valence-electron chi connectivity index (χ1n) is 7.73. The molecule has 9 heteroatoms. The number of allylic oxidation sites excluding steroid dienone is 1. The first-order chi connectivity index (χ1) is 11.9. The van der Waals surface area contributed by atoms with E-state index in [2.05, 4.69) is 10.3 Å². The molecular formula is C16H20N6O3. The van der Waals surface area contributed by atoms with Gasteiger partial charge < -0.3 is 27.1 Å². The summed E-state index contributed by atoms with van der Waals surface area (Å²) < 4.78 is 0. The van der Waals surface area contributed by atoms with Gasteiger partial charge in [0.05, 0.1) is 17.4 Å². The number of nitrogens with two attached hydrogens (primary N) is 2.